The van der Waals surface area contributed by atoms with Crippen molar-refractivity contribution in [3.8, 4) is 11.4 Å². The number of nitrogens with zero attached hydrogens (tertiary/aromatic N) is 4. The van der Waals surface area contributed by atoms with E-state index in [2.05, 4.69) is 27.2 Å². The summed E-state index contributed by atoms with van der Waals surface area (Å²) in [4.78, 5) is 13.1. The van der Waals surface area contributed by atoms with E-state index in [-0.39, 0.29) is 6.04 Å². The molecule has 5 rings (SSSR count). The van der Waals surface area contributed by atoms with Gasteiger partial charge in [0.05, 0.1) is 24.8 Å². The summed E-state index contributed by atoms with van der Waals surface area (Å²) in [5.74, 6) is 2.14. The average molecular weight is 491 g/mol. The Morgan fingerprint density at radius 3 is 2.77 bits per heavy atom. The highest BCUT2D eigenvalue weighted by molar-refractivity contribution is 7.91. The molecule has 1 unspecified atom stereocenters. The SMILES string of the molecule is COc1cc(/C=C2\CCCN3C2=NOC[C@@H]3C[S+]([O-])c2ccc(C)cc2)ccc1-n1cnc(C)c1. The minimum Gasteiger partial charge on any atom is -0.611 e. The van der Waals surface area contributed by atoms with E-state index in [4.69, 9.17) is 9.57 Å². The van der Waals surface area contributed by atoms with Gasteiger partial charge in [-0.15, -0.1) is 0 Å². The number of amidine groups is 1. The number of methoxy groups -OCH3 is 1. The zero-order valence-electron chi connectivity index (χ0n) is 20.3. The van der Waals surface area contributed by atoms with Crippen LogP contribution in [-0.4, -0.2) is 56.9 Å². The van der Waals surface area contributed by atoms with Crippen molar-refractivity contribution >= 4 is 23.1 Å². The molecule has 1 aromatic heterocycles. The Kier molecular flexibility index (Phi) is 6.83. The second kappa shape index (κ2) is 10.2. The molecular formula is C27H30N4O3S. The van der Waals surface area contributed by atoms with Gasteiger partial charge in [-0.2, -0.15) is 0 Å². The molecular weight excluding hydrogens is 460 g/mol. The second-order valence-electron chi connectivity index (χ2n) is 9.01. The third-order valence-electron chi connectivity index (χ3n) is 6.43. The molecule has 0 bridgehead atoms. The maximum absolute atomic E-state index is 13.0. The molecule has 3 aromatic rings. The summed E-state index contributed by atoms with van der Waals surface area (Å²) in [5.41, 5.74) is 5.21. The lowest BCUT2D eigenvalue weighted by molar-refractivity contribution is 0.0659. The first-order valence-corrected chi connectivity index (χ1v) is 13.2. The third-order valence-corrected chi connectivity index (χ3v) is 7.91. The molecule has 0 aliphatic carbocycles. The van der Waals surface area contributed by atoms with E-state index in [1.54, 1.807) is 13.4 Å². The second-order valence-corrected chi connectivity index (χ2v) is 10.5. The predicted molar refractivity (Wildman–Crippen MR) is 138 cm³/mol. The largest absolute Gasteiger partial charge is 0.611 e. The van der Waals surface area contributed by atoms with Crippen LogP contribution in [-0.2, 0) is 16.0 Å². The van der Waals surface area contributed by atoms with Crippen LogP contribution in [0.3, 0.4) is 0 Å². The molecule has 0 spiro atoms. The minimum atomic E-state index is -1.10. The van der Waals surface area contributed by atoms with Crippen molar-refractivity contribution in [2.75, 3.05) is 26.0 Å². The average Bonchev–Trinajstić information content (AvgIpc) is 3.31. The molecule has 7 nitrogen and oxygen atoms in total. The van der Waals surface area contributed by atoms with Gasteiger partial charge in [-0.1, -0.05) is 28.9 Å². The van der Waals surface area contributed by atoms with Gasteiger partial charge in [0.2, 0.25) is 0 Å². The summed E-state index contributed by atoms with van der Waals surface area (Å²) in [5, 5.41) is 4.41. The number of aryl methyl sites for hydroxylation is 2. The van der Waals surface area contributed by atoms with Crippen LogP contribution in [0, 0.1) is 13.8 Å². The lowest BCUT2D eigenvalue weighted by atomic mass is 9.98. The monoisotopic (exact) mass is 490 g/mol. The predicted octanol–water partition coefficient (Wildman–Crippen LogP) is 4.50. The Morgan fingerprint density at radius 1 is 1.20 bits per heavy atom. The van der Waals surface area contributed by atoms with Crippen molar-refractivity contribution in [3.05, 3.63) is 77.4 Å². The fourth-order valence-electron chi connectivity index (χ4n) is 4.57. The highest BCUT2D eigenvalue weighted by Crippen LogP contribution is 2.30. The summed E-state index contributed by atoms with van der Waals surface area (Å²) in [6, 6.07) is 14.1. The van der Waals surface area contributed by atoms with Gasteiger partial charge in [0.15, 0.2) is 10.7 Å². The molecule has 2 atom stereocenters. The smallest absolute Gasteiger partial charge is 0.171 e. The van der Waals surface area contributed by atoms with E-state index >= 15 is 0 Å². The maximum Gasteiger partial charge on any atom is 0.171 e. The topological polar surface area (TPSA) is 74.9 Å². The third kappa shape index (κ3) is 5.09. The van der Waals surface area contributed by atoms with E-state index in [1.807, 2.05) is 61.0 Å². The van der Waals surface area contributed by atoms with Crippen LogP contribution in [0.15, 0.2) is 70.6 Å². The number of hydrogen-bond donors (Lipinski definition) is 0. The van der Waals surface area contributed by atoms with E-state index in [0.29, 0.717) is 12.4 Å². The molecule has 8 heteroatoms. The van der Waals surface area contributed by atoms with Gasteiger partial charge >= 0.3 is 0 Å². The fourth-order valence-corrected chi connectivity index (χ4v) is 5.83. The van der Waals surface area contributed by atoms with Crippen LogP contribution in [0.25, 0.3) is 11.8 Å². The van der Waals surface area contributed by atoms with Crippen molar-refractivity contribution in [1.29, 1.82) is 0 Å². The van der Waals surface area contributed by atoms with Crippen molar-refractivity contribution in [3.63, 3.8) is 0 Å². The summed E-state index contributed by atoms with van der Waals surface area (Å²) in [6.07, 6.45) is 7.85. The van der Waals surface area contributed by atoms with Gasteiger partial charge in [0, 0.05) is 12.7 Å². The molecule has 35 heavy (non-hydrogen) atoms. The summed E-state index contributed by atoms with van der Waals surface area (Å²) in [6.45, 7) is 5.33. The zero-order chi connectivity index (χ0) is 24.4. The number of hydrogen-bond acceptors (Lipinski definition) is 6. The summed E-state index contributed by atoms with van der Waals surface area (Å²) in [7, 11) is 1.68. The molecule has 0 saturated carbocycles. The normalized spacial score (nSPS) is 19.7. The first-order valence-electron chi connectivity index (χ1n) is 11.8. The zero-order valence-corrected chi connectivity index (χ0v) is 21.1. The van der Waals surface area contributed by atoms with Gasteiger partial charge in [-0.3, -0.25) is 0 Å². The molecule has 3 heterocycles. The molecule has 1 saturated heterocycles. The first-order chi connectivity index (χ1) is 17.0. The summed E-state index contributed by atoms with van der Waals surface area (Å²) >= 11 is -1.10. The van der Waals surface area contributed by atoms with Crippen molar-refractivity contribution in [1.82, 2.24) is 14.5 Å². The van der Waals surface area contributed by atoms with E-state index in [0.717, 1.165) is 63.9 Å². The van der Waals surface area contributed by atoms with Gasteiger partial charge in [-0.05, 0) is 79.3 Å². The Labute approximate surface area is 209 Å². The number of piperidine rings is 1. The molecule has 182 valence electrons. The maximum atomic E-state index is 13.0. The lowest BCUT2D eigenvalue weighted by Gasteiger charge is -2.39. The number of oxime groups is 1. The lowest BCUT2D eigenvalue weighted by Crippen LogP contribution is -2.51. The minimum absolute atomic E-state index is 0.0229. The van der Waals surface area contributed by atoms with Crippen LogP contribution in [0.4, 0.5) is 0 Å². The Balaban J connectivity index is 1.36. The van der Waals surface area contributed by atoms with E-state index in [1.165, 1.54) is 0 Å². The van der Waals surface area contributed by atoms with Gasteiger partial charge in [-0.25, -0.2) is 4.98 Å². The number of ether oxygens (including phenoxy) is 1. The number of imidazole rings is 1. The van der Waals surface area contributed by atoms with E-state index in [9.17, 15) is 4.55 Å². The van der Waals surface area contributed by atoms with Gasteiger partial charge in [0.1, 0.15) is 24.2 Å². The van der Waals surface area contributed by atoms with Crippen LogP contribution in [0.1, 0.15) is 29.7 Å². The molecule has 0 N–H and O–H groups in total. The fraction of sp³-hybridized carbons (Fsp3) is 0.333. The quantitative estimate of drug-likeness (QED) is 0.476. The molecule has 2 aromatic carbocycles. The van der Waals surface area contributed by atoms with Gasteiger partial charge in [0.25, 0.3) is 0 Å². The Hall–Kier alpha value is -3.23. The van der Waals surface area contributed by atoms with Gasteiger partial charge < -0.3 is 23.6 Å². The summed E-state index contributed by atoms with van der Waals surface area (Å²) < 4.78 is 20.7. The Morgan fingerprint density at radius 2 is 2.03 bits per heavy atom. The number of rotatable bonds is 6. The van der Waals surface area contributed by atoms with Crippen molar-refractivity contribution in [2.45, 2.75) is 37.6 Å². The van der Waals surface area contributed by atoms with Crippen LogP contribution < -0.4 is 4.74 Å². The van der Waals surface area contributed by atoms with Crippen molar-refractivity contribution in [2.24, 2.45) is 5.16 Å². The van der Waals surface area contributed by atoms with Crippen LogP contribution in [0.5, 0.6) is 5.75 Å². The number of benzene rings is 2. The standard InChI is InChI=1S/C27H30N4O3S/c1-19-6-9-24(10-7-19)35(32)17-23-16-34-29-27-22(5-4-12-31(23)27)13-21-8-11-25(26(14-21)33-3)30-15-20(2)28-18-30/h6-11,13-15,18,23H,4-5,12,16-17H2,1-3H3/b22-13+/t23-,35?/m1/s1. The molecule has 0 amide bonds. The molecule has 0 radical (unpaired) electrons. The molecule has 1 fully saturated rings. The van der Waals surface area contributed by atoms with E-state index < -0.39 is 11.2 Å². The highest BCUT2D eigenvalue weighted by atomic mass is 32.2. The number of fused-ring (bicyclic) bond motifs is 1. The molecule has 2 aliphatic rings. The Bertz CT molecular complexity index is 1250. The van der Waals surface area contributed by atoms with Crippen molar-refractivity contribution < 1.29 is 14.1 Å². The number of aromatic nitrogens is 2. The molecule has 2 aliphatic heterocycles. The first kappa shape index (κ1) is 23.5. The van der Waals surface area contributed by atoms with Crippen LogP contribution in [0.2, 0.25) is 0 Å². The highest BCUT2D eigenvalue weighted by Gasteiger charge is 2.35. The van der Waals surface area contributed by atoms with Crippen LogP contribution >= 0.6 is 0 Å².